The second-order valence-electron chi connectivity index (χ2n) is 5.39. The maximum Gasteiger partial charge on any atom is 0.146 e. The Morgan fingerprint density at radius 1 is 1.07 bits per heavy atom. The van der Waals surface area contributed by atoms with Crippen LogP contribution in [0.4, 0.5) is 0 Å². The first-order valence-electron chi connectivity index (χ1n) is 5.73. The molecule has 0 aromatic carbocycles. The van der Waals surface area contributed by atoms with E-state index >= 15 is 0 Å². The molecule has 0 radical (unpaired) electrons. The van der Waals surface area contributed by atoms with Crippen LogP contribution in [0.25, 0.3) is 0 Å². The summed E-state index contributed by atoms with van der Waals surface area (Å²) in [5.41, 5.74) is 1.12. The molecule has 72 valence electrons. The Labute approximate surface area is 83.9 Å². The number of hydrogen-bond acceptors (Lipinski definition) is 1. The van der Waals surface area contributed by atoms with Crippen LogP contribution in [0.1, 0.15) is 12.8 Å². The SMILES string of the molecule is O=CC1=CC2CC1C1C3C=CC(C3)C21. The summed E-state index contributed by atoms with van der Waals surface area (Å²) < 4.78 is 0. The molecule has 2 saturated carbocycles. The van der Waals surface area contributed by atoms with E-state index in [9.17, 15) is 4.79 Å². The van der Waals surface area contributed by atoms with Gasteiger partial charge in [0.2, 0.25) is 0 Å². The lowest BCUT2D eigenvalue weighted by Crippen LogP contribution is -2.25. The lowest BCUT2D eigenvalue weighted by Gasteiger charge is -2.30. The van der Waals surface area contributed by atoms with Crippen molar-refractivity contribution in [1.29, 1.82) is 0 Å². The van der Waals surface area contributed by atoms with Crippen molar-refractivity contribution < 1.29 is 4.79 Å². The molecule has 2 fully saturated rings. The molecule has 4 aliphatic rings. The van der Waals surface area contributed by atoms with Gasteiger partial charge in [0.25, 0.3) is 0 Å². The summed E-state index contributed by atoms with van der Waals surface area (Å²) in [7, 11) is 0. The van der Waals surface area contributed by atoms with Gasteiger partial charge in [0.05, 0.1) is 0 Å². The first-order valence-corrected chi connectivity index (χ1v) is 5.73. The molecule has 6 unspecified atom stereocenters. The lowest BCUT2D eigenvalue weighted by molar-refractivity contribution is -0.105. The average Bonchev–Trinajstić information content (AvgIpc) is 2.94. The van der Waals surface area contributed by atoms with Crippen molar-refractivity contribution in [3.05, 3.63) is 23.8 Å². The minimum absolute atomic E-state index is 0.627. The van der Waals surface area contributed by atoms with E-state index in [1.54, 1.807) is 0 Å². The van der Waals surface area contributed by atoms with Gasteiger partial charge in [0.1, 0.15) is 6.29 Å². The molecule has 0 aromatic rings. The van der Waals surface area contributed by atoms with Crippen LogP contribution in [0.2, 0.25) is 0 Å². The highest BCUT2D eigenvalue weighted by Gasteiger charge is 2.58. The van der Waals surface area contributed by atoms with Crippen molar-refractivity contribution in [3.8, 4) is 0 Å². The third-order valence-electron chi connectivity index (χ3n) is 5.04. The standard InChI is InChI=1S/C13H14O/c14-6-10-4-9-5-11(10)13-8-2-1-7(3-8)12(9)13/h1-2,4,6-9,11-13H,3,5H2. The number of fused-ring (bicyclic) bond motifs is 9. The molecule has 0 amide bonds. The van der Waals surface area contributed by atoms with E-state index in [2.05, 4.69) is 18.2 Å². The van der Waals surface area contributed by atoms with Crippen LogP contribution in [-0.2, 0) is 4.79 Å². The van der Waals surface area contributed by atoms with E-state index < -0.39 is 0 Å². The summed E-state index contributed by atoms with van der Waals surface area (Å²) in [5, 5.41) is 0. The molecule has 4 rings (SSSR count). The van der Waals surface area contributed by atoms with Gasteiger partial charge in [0, 0.05) is 0 Å². The van der Waals surface area contributed by atoms with Crippen LogP contribution >= 0.6 is 0 Å². The largest absolute Gasteiger partial charge is 0.298 e. The minimum atomic E-state index is 0.627. The number of rotatable bonds is 1. The molecule has 0 saturated heterocycles. The van der Waals surface area contributed by atoms with Crippen LogP contribution in [0.3, 0.4) is 0 Å². The highest BCUT2D eigenvalue weighted by atomic mass is 16.1. The molecule has 0 heterocycles. The second kappa shape index (κ2) is 2.21. The summed E-state index contributed by atoms with van der Waals surface area (Å²) in [5.74, 6) is 4.76. The van der Waals surface area contributed by atoms with Gasteiger partial charge in [-0.3, -0.25) is 4.79 Å². The maximum atomic E-state index is 10.9. The molecule has 6 atom stereocenters. The van der Waals surface area contributed by atoms with Crippen LogP contribution < -0.4 is 0 Å². The Hall–Kier alpha value is -0.850. The van der Waals surface area contributed by atoms with Crippen LogP contribution in [0, 0.1) is 35.5 Å². The quantitative estimate of drug-likeness (QED) is 0.348. The second-order valence-corrected chi connectivity index (χ2v) is 5.39. The van der Waals surface area contributed by atoms with E-state index in [1.807, 2.05) is 0 Å². The number of carbonyl (C=O) groups excluding carboxylic acids is 1. The summed E-state index contributed by atoms with van der Waals surface area (Å²) in [4.78, 5) is 10.9. The topological polar surface area (TPSA) is 17.1 Å². The van der Waals surface area contributed by atoms with E-state index in [4.69, 9.17) is 0 Å². The zero-order valence-corrected chi connectivity index (χ0v) is 8.10. The highest BCUT2D eigenvalue weighted by molar-refractivity contribution is 5.76. The molecular weight excluding hydrogens is 172 g/mol. The average molecular weight is 186 g/mol. The van der Waals surface area contributed by atoms with E-state index in [-0.39, 0.29) is 0 Å². The summed E-state index contributed by atoms with van der Waals surface area (Å²) in [6, 6.07) is 0. The molecule has 0 aromatic heterocycles. The van der Waals surface area contributed by atoms with Gasteiger partial charge in [-0.1, -0.05) is 18.2 Å². The van der Waals surface area contributed by atoms with Gasteiger partial charge in [-0.25, -0.2) is 0 Å². The Morgan fingerprint density at radius 2 is 1.86 bits per heavy atom. The summed E-state index contributed by atoms with van der Waals surface area (Å²) >= 11 is 0. The van der Waals surface area contributed by atoms with Gasteiger partial charge in [-0.2, -0.15) is 0 Å². The Kier molecular flexibility index (Phi) is 1.17. The molecule has 14 heavy (non-hydrogen) atoms. The van der Waals surface area contributed by atoms with Crippen molar-refractivity contribution in [3.63, 3.8) is 0 Å². The Morgan fingerprint density at radius 3 is 2.64 bits per heavy atom. The smallest absolute Gasteiger partial charge is 0.146 e. The predicted molar refractivity (Wildman–Crippen MR) is 53.5 cm³/mol. The molecule has 0 spiro atoms. The molecule has 4 bridgehead atoms. The van der Waals surface area contributed by atoms with Crippen LogP contribution in [0.15, 0.2) is 23.8 Å². The van der Waals surface area contributed by atoms with Gasteiger partial charge in [0.15, 0.2) is 0 Å². The third kappa shape index (κ3) is 0.647. The fourth-order valence-corrected chi connectivity index (χ4v) is 4.71. The van der Waals surface area contributed by atoms with Crippen LogP contribution in [0.5, 0.6) is 0 Å². The summed E-state index contributed by atoms with van der Waals surface area (Å²) in [6.07, 6.45) is 10.9. The lowest BCUT2D eigenvalue weighted by atomic mass is 9.74. The molecule has 1 nitrogen and oxygen atoms in total. The fourth-order valence-electron chi connectivity index (χ4n) is 4.71. The van der Waals surface area contributed by atoms with E-state index in [0.29, 0.717) is 5.92 Å². The third-order valence-corrected chi connectivity index (χ3v) is 5.04. The molecule has 0 aliphatic heterocycles. The zero-order valence-electron chi connectivity index (χ0n) is 8.10. The monoisotopic (exact) mass is 186 g/mol. The first-order chi connectivity index (χ1) is 6.88. The van der Waals surface area contributed by atoms with E-state index in [1.165, 1.54) is 12.8 Å². The van der Waals surface area contributed by atoms with Crippen molar-refractivity contribution >= 4 is 6.29 Å². The highest BCUT2D eigenvalue weighted by Crippen LogP contribution is 2.64. The van der Waals surface area contributed by atoms with Gasteiger partial charge >= 0.3 is 0 Å². The number of allylic oxidation sites excluding steroid dienone is 4. The number of aldehydes is 1. The van der Waals surface area contributed by atoms with Crippen molar-refractivity contribution in [1.82, 2.24) is 0 Å². The Bertz CT molecular complexity index is 365. The van der Waals surface area contributed by atoms with Crippen molar-refractivity contribution in [2.24, 2.45) is 35.5 Å². The number of carbonyl (C=O) groups is 1. The Balaban J connectivity index is 1.80. The first kappa shape index (κ1) is 7.44. The van der Waals surface area contributed by atoms with Gasteiger partial charge < -0.3 is 0 Å². The predicted octanol–water partition coefficient (Wildman–Crippen LogP) is 2.20. The van der Waals surface area contributed by atoms with Crippen molar-refractivity contribution in [2.45, 2.75) is 12.8 Å². The number of hydrogen-bond donors (Lipinski definition) is 0. The van der Waals surface area contributed by atoms with Crippen LogP contribution in [-0.4, -0.2) is 6.29 Å². The summed E-state index contributed by atoms with van der Waals surface area (Å²) in [6.45, 7) is 0. The zero-order chi connectivity index (χ0) is 9.28. The van der Waals surface area contributed by atoms with E-state index in [0.717, 1.165) is 41.4 Å². The van der Waals surface area contributed by atoms with Crippen molar-refractivity contribution in [2.75, 3.05) is 0 Å². The minimum Gasteiger partial charge on any atom is -0.298 e. The molecule has 0 N–H and O–H groups in total. The van der Waals surface area contributed by atoms with Gasteiger partial charge in [-0.05, 0) is 53.9 Å². The fraction of sp³-hybridized carbons (Fsp3) is 0.615. The van der Waals surface area contributed by atoms with Gasteiger partial charge in [-0.15, -0.1) is 0 Å². The maximum absolute atomic E-state index is 10.9. The molecular formula is C13H14O. The molecule has 1 heteroatoms. The molecule has 4 aliphatic carbocycles. The normalized spacial score (nSPS) is 56.4.